The summed E-state index contributed by atoms with van der Waals surface area (Å²) < 4.78 is 1.72. The number of hydrogen-bond acceptors (Lipinski definition) is 3. The molecule has 3 N–H and O–H groups in total. The quantitative estimate of drug-likeness (QED) is 0.761. The first-order valence-electron chi connectivity index (χ1n) is 4.53. The molecular formula is C10H11N3O2. The van der Waals surface area contributed by atoms with Gasteiger partial charge < -0.3 is 15.2 Å². The summed E-state index contributed by atoms with van der Waals surface area (Å²) >= 11 is 0. The summed E-state index contributed by atoms with van der Waals surface area (Å²) in [6, 6.07) is 3.51. The number of aromatic nitrogens is 2. The third-order valence-electron chi connectivity index (χ3n) is 2.26. The van der Waals surface area contributed by atoms with E-state index < -0.39 is 5.97 Å². The van der Waals surface area contributed by atoms with Gasteiger partial charge in [0.2, 0.25) is 0 Å². The minimum Gasteiger partial charge on any atom is -0.481 e. The van der Waals surface area contributed by atoms with Crippen LogP contribution in [0.15, 0.2) is 18.3 Å². The van der Waals surface area contributed by atoms with Crippen molar-refractivity contribution >= 4 is 17.3 Å². The number of rotatable bonds is 2. The molecule has 0 aromatic carbocycles. The molecule has 2 aromatic heterocycles. The van der Waals surface area contributed by atoms with Crippen LogP contribution in [0.2, 0.25) is 0 Å². The van der Waals surface area contributed by atoms with Crippen molar-refractivity contribution in [1.82, 2.24) is 9.38 Å². The molecule has 0 saturated carbocycles. The number of nitrogen functional groups attached to an aromatic ring is 1. The second-order valence-corrected chi connectivity index (χ2v) is 3.41. The second kappa shape index (κ2) is 3.27. The monoisotopic (exact) mass is 205 g/mol. The second-order valence-electron chi connectivity index (χ2n) is 3.41. The highest BCUT2D eigenvalue weighted by molar-refractivity contribution is 5.70. The number of carboxylic acids is 1. The van der Waals surface area contributed by atoms with E-state index in [1.165, 1.54) is 0 Å². The number of imidazole rings is 1. The largest absolute Gasteiger partial charge is 0.481 e. The summed E-state index contributed by atoms with van der Waals surface area (Å²) in [5.74, 6) is -0.873. The maximum atomic E-state index is 10.7. The van der Waals surface area contributed by atoms with E-state index in [-0.39, 0.29) is 6.42 Å². The van der Waals surface area contributed by atoms with E-state index in [9.17, 15) is 4.79 Å². The number of nitrogens with zero attached hydrogens (tertiary/aromatic N) is 2. The predicted molar refractivity (Wildman–Crippen MR) is 55.7 cm³/mol. The SMILES string of the molecule is Cc1nc2ccc(N)cn2c1CC(=O)O. The standard InChI is InChI=1S/C10H11N3O2/c1-6-8(4-10(14)15)13-5-7(11)2-3-9(13)12-6/h2-3,5H,4,11H2,1H3,(H,14,15). The first-order chi connectivity index (χ1) is 7.08. The van der Waals surface area contributed by atoms with E-state index in [2.05, 4.69) is 4.98 Å². The predicted octanol–water partition coefficient (Wildman–Crippen LogP) is 0.852. The molecule has 0 aliphatic heterocycles. The molecule has 0 bridgehead atoms. The Balaban J connectivity index is 2.65. The third kappa shape index (κ3) is 1.63. The van der Waals surface area contributed by atoms with Crippen molar-refractivity contribution in [3.8, 4) is 0 Å². The van der Waals surface area contributed by atoms with Gasteiger partial charge in [-0.3, -0.25) is 4.79 Å². The summed E-state index contributed by atoms with van der Waals surface area (Å²) in [6.45, 7) is 1.79. The molecule has 0 spiro atoms. The van der Waals surface area contributed by atoms with E-state index in [4.69, 9.17) is 10.8 Å². The van der Waals surface area contributed by atoms with Crippen LogP contribution >= 0.6 is 0 Å². The molecule has 0 unspecified atom stereocenters. The van der Waals surface area contributed by atoms with Gasteiger partial charge in [-0.05, 0) is 19.1 Å². The highest BCUT2D eigenvalue weighted by Crippen LogP contribution is 2.14. The number of aryl methyl sites for hydroxylation is 1. The Hall–Kier alpha value is -2.04. The Kier molecular flexibility index (Phi) is 2.07. The van der Waals surface area contributed by atoms with Crippen LogP contribution in [0.3, 0.4) is 0 Å². The van der Waals surface area contributed by atoms with Gasteiger partial charge in [0, 0.05) is 11.9 Å². The van der Waals surface area contributed by atoms with Crippen LogP contribution in [0.1, 0.15) is 11.4 Å². The van der Waals surface area contributed by atoms with Gasteiger partial charge in [0.05, 0.1) is 17.8 Å². The van der Waals surface area contributed by atoms with Gasteiger partial charge in [0.15, 0.2) is 0 Å². The number of fused-ring (bicyclic) bond motifs is 1. The molecule has 2 aromatic rings. The van der Waals surface area contributed by atoms with Crippen LogP contribution in [-0.2, 0) is 11.2 Å². The van der Waals surface area contributed by atoms with Crippen molar-refractivity contribution in [1.29, 1.82) is 0 Å². The van der Waals surface area contributed by atoms with Crippen LogP contribution in [0.25, 0.3) is 5.65 Å². The fraction of sp³-hybridized carbons (Fsp3) is 0.200. The smallest absolute Gasteiger partial charge is 0.309 e. The van der Waals surface area contributed by atoms with Crippen molar-refractivity contribution in [2.24, 2.45) is 0 Å². The lowest BCUT2D eigenvalue weighted by molar-refractivity contribution is -0.136. The lowest BCUT2D eigenvalue weighted by Gasteiger charge is -2.00. The number of pyridine rings is 1. The van der Waals surface area contributed by atoms with Crippen LogP contribution in [0, 0.1) is 6.92 Å². The molecule has 15 heavy (non-hydrogen) atoms. The highest BCUT2D eigenvalue weighted by Gasteiger charge is 2.11. The molecule has 0 aliphatic carbocycles. The molecule has 0 aliphatic rings. The summed E-state index contributed by atoms with van der Waals surface area (Å²) in [5, 5.41) is 8.77. The van der Waals surface area contributed by atoms with Crippen LogP contribution < -0.4 is 5.73 Å². The lowest BCUT2D eigenvalue weighted by Crippen LogP contribution is -2.05. The maximum absolute atomic E-state index is 10.7. The number of carbonyl (C=O) groups is 1. The molecule has 78 valence electrons. The molecule has 0 fully saturated rings. The molecule has 5 nitrogen and oxygen atoms in total. The van der Waals surface area contributed by atoms with E-state index in [0.29, 0.717) is 11.4 Å². The van der Waals surface area contributed by atoms with Crippen LogP contribution in [0.4, 0.5) is 5.69 Å². The summed E-state index contributed by atoms with van der Waals surface area (Å²) in [4.78, 5) is 14.9. The molecule has 0 saturated heterocycles. The van der Waals surface area contributed by atoms with Crippen LogP contribution in [-0.4, -0.2) is 20.5 Å². The average molecular weight is 205 g/mol. The van der Waals surface area contributed by atoms with Gasteiger partial charge >= 0.3 is 5.97 Å². The number of hydrogen-bond donors (Lipinski definition) is 2. The average Bonchev–Trinajstić information content (AvgIpc) is 2.43. The summed E-state index contributed by atoms with van der Waals surface area (Å²) in [7, 11) is 0. The van der Waals surface area contributed by atoms with Gasteiger partial charge in [-0.15, -0.1) is 0 Å². The van der Waals surface area contributed by atoms with E-state index in [1.54, 1.807) is 29.7 Å². The molecule has 0 atom stereocenters. The van der Waals surface area contributed by atoms with Crippen molar-refractivity contribution < 1.29 is 9.90 Å². The number of aliphatic carboxylic acids is 1. The molecular weight excluding hydrogens is 194 g/mol. The Labute approximate surface area is 86.2 Å². The molecule has 0 radical (unpaired) electrons. The zero-order chi connectivity index (χ0) is 11.0. The lowest BCUT2D eigenvalue weighted by atomic mass is 10.2. The van der Waals surface area contributed by atoms with Crippen LogP contribution in [0.5, 0.6) is 0 Å². The highest BCUT2D eigenvalue weighted by atomic mass is 16.4. The fourth-order valence-electron chi connectivity index (χ4n) is 1.58. The Morgan fingerprint density at radius 1 is 1.60 bits per heavy atom. The van der Waals surface area contributed by atoms with E-state index in [0.717, 1.165) is 11.3 Å². The van der Waals surface area contributed by atoms with E-state index in [1.807, 2.05) is 0 Å². The number of anilines is 1. The van der Waals surface area contributed by atoms with Crippen molar-refractivity contribution in [3.05, 3.63) is 29.7 Å². The third-order valence-corrected chi connectivity index (χ3v) is 2.26. The number of carboxylic acid groups (broad SMARTS) is 1. The minimum atomic E-state index is -0.873. The van der Waals surface area contributed by atoms with Gasteiger partial charge in [-0.2, -0.15) is 0 Å². The molecule has 5 heteroatoms. The Morgan fingerprint density at radius 3 is 3.00 bits per heavy atom. The molecule has 2 heterocycles. The van der Waals surface area contributed by atoms with Crippen molar-refractivity contribution in [2.75, 3.05) is 5.73 Å². The molecule has 0 amide bonds. The Bertz CT molecular complexity index is 531. The van der Waals surface area contributed by atoms with Gasteiger partial charge in [0.25, 0.3) is 0 Å². The number of nitrogens with two attached hydrogens (primary N) is 1. The summed E-state index contributed by atoms with van der Waals surface area (Å²) in [6.07, 6.45) is 1.64. The molecule has 2 rings (SSSR count). The normalized spacial score (nSPS) is 10.7. The zero-order valence-corrected chi connectivity index (χ0v) is 8.27. The van der Waals surface area contributed by atoms with Gasteiger partial charge in [0.1, 0.15) is 5.65 Å². The van der Waals surface area contributed by atoms with Gasteiger partial charge in [-0.25, -0.2) is 4.98 Å². The van der Waals surface area contributed by atoms with Crippen molar-refractivity contribution in [3.63, 3.8) is 0 Å². The Morgan fingerprint density at radius 2 is 2.33 bits per heavy atom. The fourth-order valence-corrected chi connectivity index (χ4v) is 1.58. The summed E-state index contributed by atoms with van der Waals surface area (Å²) in [5.41, 5.74) is 8.34. The first kappa shape index (κ1) is 9.51. The minimum absolute atomic E-state index is 0.0452. The maximum Gasteiger partial charge on any atom is 0.309 e. The van der Waals surface area contributed by atoms with E-state index >= 15 is 0 Å². The van der Waals surface area contributed by atoms with Gasteiger partial charge in [-0.1, -0.05) is 0 Å². The topological polar surface area (TPSA) is 80.6 Å². The zero-order valence-electron chi connectivity index (χ0n) is 8.27. The first-order valence-corrected chi connectivity index (χ1v) is 4.53. The van der Waals surface area contributed by atoms with Crippen molar-refractivity contribution in [2.45, 2.75) is 13.3 Å².